The number of carboxylic acids is 1. The second kappa shape index (κ2) is 9.77. The van der Waals surface area contributed by atoms with Crippen LogP contribution in [0.1, 0.15) is 23.6 Å². The van der Waals surface area contributed by atoms with E-state index in [0.717, 1.165) is 33.9 Å². The number of aliphatic carboxylic acids is 1. The van der Waals surface area contributed by atoms with Crippen molar-refractivity contribution in [3.8, 4) is 17.2 Å². The zero-order valence-electron chi connectivity index (χ0n) is 19.9. The van der Waals surface area contributed by atoms with Gasteiger partial charge in [0.25, 0.3) is 0 Å². The van der Waals surface area contributed by atoms with Crippen molar-refractivity contribution in [2.75, 3.05) is 27.9 Å². The molecule has 1 fully saturated rings. The van der Waals surface area contributed by atoms with Crippen LogP contribution in [-0.2, 0) is 15.1 Å². The van der Waals surface area contributed by atoms with E-state index in [9.17, 15) is 9.90 Å². The minimum absolute atomic E-state index is 0.0494. The topological polar surface area (TPSA) is 74.2 Å². The van der Waals surface area contributed by atoms with Crippen molar-refractivity contribution >= 4 is 5.97 Å². The van der Waals surface area contributed by atoms with Crippen LogP contribution >= 0.6 is 0 Å². The van der Waals surface area contributed by atoms with E-state index in [1.165, 1.54) is 0 Å². The Morgan fingerprint density at radius 2 is 1.09 bits per heavy atom. The number of hydrogen-bond donors (Lipinski definition) is 1. The second-order valence-electron chi connectivity index (χ2n) is 8.56. The Hall–Kier alpha value is -3.51. The zero-order chi connectivity index (χ0) is 24.3. The molecule has 0 saturated heterocycles. The van der Waals surface area contributed by atoms with Gasteiger partial charge in [0.2, 0.25) is 0 Å². The van der Waals surface area contributed by atoms with E-state index in [0.29, 0.717) is 6.61 Å². The third-order valence-corrected chi connectivity index (χ3v) is 6.83. The van der Waals surface area contributed by atoms with Crippen LogP contribution in [0.2, 0.25) is 0 Å². The zero-order valence-corrected chi connectivity index (χ0v) is 19.9. The molecular formula is C28H30O6. The number of benzene rings is 3. The Bertz CT molecular complexity index is 989. The van der Waals surface area contributed by atoms with E-state index in [4.69, 9.17) is 18.9 Å². The molecule has 3 aromatic carbocycles. The molecule has 1 aliphatic carbocycles. The number of hydrogen-bond acceptors (Lipinski definition) is 5. The lowest BCUT2D eigenvalue weighted by molar-refractivity contribution is -0.139. The van der Waals surface area contributed by atoms with Gasteiger partial charge in [0.15, 0.2) is 0 Å². The molecule has 0 radical (unpaired) electrons. The fourth-order valence-electron chi connectivity index (χ4n) is 4.66. The lowest BCUT2D eigenvalue weighted by Gasteiger charge is -2.36. The third-order valence-electron chi connectivity index (χ3n) is 6.83. The molecule has 0 heterocycles. The van der Waals surface area contributed by atoms with Crippen LogP contribution in [0.3, 0.4) is 0 Å². The lowest BCUT2D eigenvalue weighted by atomic mass is 9.80. The average Bonchev–Trinajstić information content (AvgIpc) is 3.54. The van der Waals surface area contributed by atoms with Crippen LogP contribution in [0.25, 0.3) is 0 Å². The van der Waals surface area contributed by atoms with Gasteiger partial charge in [0, 0.05) is 0 Å². The summed E-state index contributed by atoms with van der Waals surface area (Å²) in [6, 6.07) is 23.3. The Kier molecular flexibility index (Phi) is 6.80. The summed E-state index contributed by atoms with van der Waals surface area (Å²) >= 11 is 0. The van der Waals surface area contributed by atoms with Crippen LogP contribution in [0, 0.1) is 17.8 Å². The van der Waals surface area contributed by atoms with Crippen LogP contribution < -0.4 is 14.2 Å². The summed E-state index contributed by atoms with van der Waals surface area (Å²) in [6.45, 7) is 2.27. The summed E-state index contributed by atoms with van der Waals surface area (Å²) in [5.74, 6) is 1.08. The summed E-state index contributed by atoms with van der Waals surface area (Å²) in [7, 11) is 4.89. The molecule has 0 aromatic heterocycles. The van der Waals surface area contributed by atoms with E-state index >= 15 is 0 Å². The van der Waals surface area contributed by atoms with Gasteiger partial charge >= 0.3 is 5.97 Å². The smallest absolute Gasteiger partial charge is 0.307 e. The first-order chi connectivity index (χ1) is 16.4. The molecule has 0 aliphatic heterocycles. The monoisotopic (exact) mass is 462 g/mol. The highest BCUT2D eigenvalue weighted by Crippen LogP contribution is 2.49. The van der Waals surface area contributed by atoms with Gasteiger partial charge in [-0.05, 0) is 64.9 Å². The molecule has 6 nitrogen and oxygen atoms in total. The molecule has 6 heteroatoms. The third kappa shape index (κ3) is 4.33. The maximum absolute atomic E-state index is 11.6. The van der Waals surface area contributed by atoms with Gasteiger partial charge in [-0.25, -0.2) is 0 Å². The molecule has 0 amide bonds. The van der Waals surface area contributed by atoms with E-state index in [2.05, 4.69) is 0 Å². The quantitative estimate of drug-likeness (QED) is 0.428. The van der Waals surface area contributed by atoms with Crippen molar-refractivity contribution in [3.05, 3.63) is 89.5 Å². The normalized spacial score (nSPS) is 19.4. The van der Waals surface area contributed by atoms with Crippen LogP contribution in [-0.4, -0.2) is 39.0 Å². The summed E-state index contributed by atoms with van der Waals surface area (Å²) in [5, 5.41) is 9.55. The minimum atomic E-state index is -0.976. The maximum atomic E-state index is 11.6. The predicted octanol–water partition coefficient (Wildman–Crippen LogP) is 4.99. The fourth-order valence-corrected chi connectivity index (χ4v) is 4.66. The molecule has 1 N–H and O–H groups in total. The van der Waals surface area contributed by atoms with Crippen molar-refractivity contribution in [1.29, 1.82) is 0 Å². The highest BCUT2D eigenvalue weighted by atomic mass is 16.5. The highest BCUT2D eigenvalue weighted by molar-refractivity contribution is 5.74. The first-order valence-electron chi connectivity index (χ1n) is 11.2. The number of carbonyl (C=O) groups is 1. The molecule has 4 rings (SSSR count). The molecule has 3 unspecified atom stereocenters. The minimum Gasteiger partial charge on any atom is -0.497 e. The fraction of sp³-hybridized carbons (Fsp3) is 0.321. The standard InChI is InChI=1S/C28H30O6/c1-18-25(26(18)27(29)30)17-34-28(19-5-11-22(31-2)12-6-19,20-7-13-23(32-3)14-8-20)21-9-15-24(33-4)16-10-21/h5-16,18,25-26H,17H2,1-4H3,(H,29,30). The number of rotatable bonds is 10. The Labute approximate surface area is 200 Å². The molecule has 34 heavy (non-hydrogen) atoms. The van der Waals surface area contributed by atoms with Crippen molar-refractivity contribution in [2.45, 2.75) is 12.5 Å². The van der Waals surface area contributed by atoms with E-state index in [1.54, 1.807) is 21.3 Å². The average molecular weight is 463 g/mol. The van der Waals surface area contributed by atoms with Crippen LogP contribution in [0.4, 0.5) is 0 Å². The Morgan fingerprint density at radius 1 is 0.735 bits per heavy atom. The molecule has 0 bridgehead atoms. The van der Waals surface area contributed by atoms with Crippen molar-refractivity contribution in [1.82, 2.24) is 0 Å². The lowest BCUT2D eigenvalue weighted by Crippen LogP contribution is -2.34. The Balaban J connectivity index is 1.85. The summed E-state index contributed by atoms with van der Waals surface area (Å²) in [5.41, 5.74) is 1.74. The first kappa shape index (κ1) is 23.6. The van der Waals surface area contributed by atoms with E-state index in [1.807, 2.05) is 79.7 Å². The SMILES string of the molecule is COc1ccc(C(OCC2C(C)C2C(=O)O)(c2ccc(OC)cc2)c2ccc(OC)cc2)cc1. The van der Waals surface area contributed by atoms with Crippen molar-refractivity contribution in [2.24, 2.45) is 17.8 Å². The van der Waals surface area contributed by atoms with Gasteiger partial charge in [-0.1, -0.05) is 43.3 Å². The Morgan fingerprint density at radius 3 is 1.35 bits per heavy atom. The van der Waals surface area contributed by atoms with Gasteiger partial charge in [0.1, 0.15) is 22.8 Å². The summed E-state index contributed by atoms with van der Waals surface area (Å²) < 4.78 is 22.9. The van der Waals surface area contributed by atoms with E-state index in [-0.39, 0.29) is 17.8 Å². The van der Waals surface area contributed by atoms with Gasteiger partial charge in [-0.15, -0.1) is 0 Å². The molecule has 1 saturated carbocycles. The summed E-state index contributed by atoms with van der Waals surface area (Å²) in [4.78, 5) is 11.6. The second-order valence-corrected chi connectivity index (χ2v) is 8.56. The number of ether oxygens (including phenoxy) is 4. The first-order valence-corrected chi connectivity index (χ1v) is 11.2. The van der Waals surface area contributed by atoms with Gasteiger partial charge in [-0.2, -0.15) is 0 Å². The van der Waals surface area contributed by atoms with Crippen LogP contribution in [0.5, 0.6) is 17.2 Å². The molecule has 1 aliphatic rings. The molecule has 178 valence electrons. The van der Waals surface area contributed by atoms with Gasteiger partial charge in [-0.3, -0.25) is 4.79 Å². The molecular weight excluding hydrogens is 432 g/mol. The maximum Gasteiger partial charge on any atom is 0.307 e. The largest absolute Gasteiger partial charge is 0.497 e. The van der Waals surface area contributed by atoms with Crippen molar-refractivity contribution < 1.29 is 28.8 Å². The molecule has 3 atom stereocenters. The molecule has 0 spiro atoms. The van der Waals surface area contributed by atoms with E-state index < -0.39 is 11.6 Å². The highest BCUT2D eigenvalue weighted by Gasteiger charge is 2.53. The predicted molar refractivity (Wildman–Crippen MR) is 129 cm³/mol. The van der Waals surface area contributed by atoms with Crippen LogP contribution in [0.15, 0.2) is 72.8 Å². The number of methoxy groups -OCH3 is 3. The number of carboxylic acid groups (broad SMARTS) is 1. The van der Waals surface area contributed by atoms with Crippen molar-refractivity contribution in [3.63, 3.8) is 0 Å². The summed E-state index contributed by atoms with van der Waals surface area (Å²) in [6.07, 6.45) is 0. The molecule has 3 aromatic rings. The van der Waals surface area contributed by atoms with Gasteiger partial charge in [0.05, 0.1) is 33.9 Å². The van der Waals surface area contributed by atoms with Gasteiger partial charge < -0.3 is 24.1 Å².